The number of aromatic nitrogens is 2. The van der Waals surface area contributed by atoms with E-state index in [0.29, 0.717) is 16.3 Å². The van der Waals surface area contributed by atoms with Gasteiger partial charge in [-0.3, -0.25) is 0 Å². The van der Waals surface area contributed by atoms with Crippen LogP contribution in [0, 0.1) is 13.8 Å². The zero-order chi connectivity index (χ0) is 17.9. The predicted octanol–water partition coefficient (Wildman–Crippen LogP) is 2.72. The number of hydrogen-bond donors (Lipinski definition) is 1. The highest BCUT2D eigenvalue weighted by Crippen LogP contribution is 2.24. The number of nitrogens with one attached hydrogen (secondary N) is 1. The molecule has 0 unspecified atom stereocenters. The molecular weight excluding hydrogens is 354 g/mol. The molecule has 2 rings (SSSR count). The molecule has 1 heterocycles. The van der Waals surface area contributed by atoms with Gasteiger partial charge in [-0.1, -0.05) is 17.7 Å². The van der Waals surface area contributed by atoms with Crippen molar-refractivity contribution in [1.82, 2.24) is 9.97 Å². The molecule has 0 atom stereocenters. The summed E-state index contributed by atoms with van der Waals surface area (Å²) in [6.45, 7) is 5.08. The Morgan fingerprint density at radius 1 is 1.33 bits per heavy atom. The number of halogens is 1. The van der Waals surface area contributed by atoms with Crippen molar-refractivity contribution < 1.29 is 17.9 Å². The Morgan fingerprint density at radius 3 is 2.67 bits per heavy atom. The molecule has 0 spiro atoms. The van der Waals surface area contributed by atoms with Crippen LogP contribution in [0.25, 0.3) is 0 Å². The molecule has 128 valence electrons. The molecule has 24 heavy (non-hydrogen) atoms. The summed E-state index contributed by atoms with van der Waals surface area (Å²) >= 11 is 5.96. The van der Waals surface area contributed by atoms with E-state index in [2.05, 4.69) is 14.7 Å². The van der Waals surface area contributed by atoms with Gasteiger partial charge in [-0.2, -0.15) is 0 Å². The van der Waals surface area contributed by atoms with Crippen LogP contribution in [0.3, 0.4) is 0 Å². The Labute approximate surface area is 145 Å². The van der Waals surface area contributed by atoms with Crippen LogP contribution in [0.4, 0.5) is 5.95 Å². The average molecular weight is 370 g/mol. The third kappa shape index (κ3) is 3.82. The van der Waals surface area contributed by atoms with Gasteiger partial charge in [0.1, 0.15) is 0 Å². The highest BCUT2D eigenvalue weighted by atomic mass is 35.5. The number of aryl methyl sites for hydroxylation is 1. The van der Waals surface area contributed by atoms with E-state index in [1.807, 2.05) is 0 Å². The Balaban J connectivity index is 2.32. The molecule has 9 heteroatoms. The topological polar surface area (TPSA) is 98.2 Å². The Morgan fingerprint density at radius 2 is 2.04 bits per heavy atom. The van der Waals surface area contributed by atoms with Crippen LogP contribution >= 0.6 is 11.6 Å². The summed E-state index contributed by atoms with van der Waals surface area (Å²) in [7, 11) is -3.90. The highest BCUT2D eigenvalue weighted by molar-refractivity contribution is 7.92. The van der Waals surface area contributed by atoms with Crippen molar-refractivity contribution in [2.24, 2.45) is 0 Å². The number of anilines is 1. The van der Waals surface area contributed by atoms with Gasteiger partial charge in [0.05, 0.1) is 22.8 Å². The number of esters is 1. The van der Waals surface area contributed by atoms with Gasteiger partial charge in [0.15, 0.2) is 0 Å². The quantitative estimate of drug-likeness (QED) is 0.813. The maximum Gasteiger partial charge on any atom is 0.341 e. The summed E-state index contributed by atoms with van der Waals surface area (Å²) in [5.74, 6) is -0.699. The van der Waals surface area contributed by atoms with Crippen molar-refractivity contribution in [3.8, 4) is 0 Å². The van der Waals surface area contributed by atoms with Gasteiger partial charge >= 0.3 is 5.97 Å². The second-order valence-electron chi connectivity index (χ2n) is 4.88. The molecule has 0 fully saturated rings. The summed E-state index contributed by atoms with van der Waals surface area (Å²) in [6, 6.07) is 4.58. The van der Waals surface area contributed by atoms with E-state index >= 15 is 0 Å². The molecule has 1 aromatic heterocycles. The monoisotopic (exact) mass is 369 g/mol. The van der Waals surface area contributed by atoms with Gasteiger partial charge in [-0.15, -0.1) is 0 Å². The Bertz CT molecular complexity index is 884. The number of nitrogens with zero attached hydrogens (tertiary/aromatic N) is 2. The lowest BCUT2D eigenvalue weighted by atomic mass is 10.2. The van der Waals surface area contributed by atoms with E-state index in [-0.39, 0.29) is 23.0 Å². The molecule has 0 saturated carbocycles. The number of rotatable bonds is 5. The summed E-state index contributed by atoms with van der Waals surface area (Å²) < 4.78 is 32.1. The van der Waals surface area contributed by atoms with Crippen molar-refractivity contribution >= 4 is 33.5 Å². The minimum atomic E-state index is -3.90. The van der Waals surface area contributed by atoms with Crippen LogP contribution in [-0.4, -0.2) is 31.0 Å². The minimum Gasteiger partial charge on any atom is -0.462 e. The number of hydrogen-bond acceptors (Lipinski definition) is 6. The van der Waals surface area contributed by atoms with Crippen LogP contribution in [-0.2, 0) is 14.8 Å². The third-order valence-electron chi connectivity index (χ3n) is 3.21. The van der Waals surface area contributed by atoms with Gasteiger partial charge in [-0.25, -0.2) is 27.9 Å². The van der Waals surface area contributed by atoms with E-state index in [9.17, 15) is 13.2 Å². The zero-order valence-corrected chi connectivity index (χ0v) is 14.9. The molecule has 1 N–H and O–H groups in total. The molecule has 1 aromatic carbocycles. The minimum absolute atomic E-state index is 0.0331. The average Bonchev–Trinajstić information content (AvgIpc) is 2.49. The maximum absolute atomic E-state index is 12.5. The summed E-state index contributed by atoms with van der Waals surface area (Å²) in [6.07, 6.45) is 1.23. The molecule has 0 aliphatic rings. The fourth-order valence-corrected chi connectivity index (χ4v) is 3.43. The molecule has 2 aromatic rings. The molecule has 0 bridgehead atoms. The lowest BCUT2D eigenvalue weighted by Gasteiger charge is -2.11. The first-order chi connectivity index (χ1) is 11.3. The van der Waals surface area contributed by atoms with E-state index in [0.717, 1.165) is 0 Å². The first kappa shape index (κ1) is 18.2. The van der Waals surface area contributed by atoms with Crippen LogP contribution in [0.15, 0.2) is 29.3 Å². The highest BCUT2D eigenvalue weighted by Gasteiger charge is 2.20. The van der Waals surface area contributed by atoms with Crippen molar-refractivity contribution in [2.45, 2.75) is 25.7 Å². The van der Waals surface area contributed by atoms with Crippen molar-refractivity contribution in [3.05, 3.63) is 46.2 Å². The molecule has 7 nitrogen and oxygen atoms in total. The van der Waals surface area contributed by atoms with E-state index in [1.165, 1.54) is 12.3 Å². The third-order valence-corrected chi connectivity index (χ3v) is 5.09. The number of carbonyl (C=O) groups excluding carboxylic acids is 1. The van der Waals surface area contributed by atoms with Gasteiger partial charge < -0.3 is 4.74 Å². The van der Waals surface area contributed by atoms with Gasteiger partial charge in [0.25, 0.3) is 10.0 Å². The normalized spacial score (nSPS) is 11.2. The predicted molar refractivity (Wildman–Crippen MR) is 89.7 cm³/mol. The SMILES string of the molecule is CCOC(=O)c1cnc(NS(=O)(=O)c2cccc(Cl)c2C)nc1C. The fraction of sp³-hybridized carbons (Fsp3) is 0.267. The van der Waals surface area contributed by atoms with Gasteiger partial charge in [-0.05, 0) is 38.5 Å². The molecule has 0 aliphatic carbocycles. The van der Waals surface area contributed by atoms with Crippen LogP contribution in [0.1, 0.15) is 28.5 Å². The first-order valence-electron chi connectivity index (χ1n) is 7.05. The zero-order valence-electron chi connectivity index (χ0n) is 13.3. The molecule has 0 amide bonds. The van der Waals surface area contributed by atoms with E-state index < -0.39 is 16.0 Å². The number of ether oxygens (including phenoxy) is 1. The van der Waals surface area contributed by atoms with Crippen molar-refractivity contribution in [3.63, 3.8) is 0 Å². The summed E-state index contributed by atoms with van der Waals surface area (Å²) in [4.78, 5) is 19.6. The van der Waals surface area contributed by atoms with Gasteiger partial charge in [0, 0.05) is 11.2 Å². The van der Waals surface area contributed by atoms with E-state index in [4.69, 9.17) is 16.3 Å². The second kappa shape index (κ2) is 7.14. The fourth-order valence-electron chi connectivity index (χ4n) is 1.98. The van der Waals surface area contributed by atoms with Crippen molar-refractivity contribution in [2.75, 3.05) is 11.3 Å². The standard InChI is InChI=1S/C15H16ClN3O4S/c1-4-23-14(20)11-8-17-15(18-10(11)3)19-24(21,22)13-7-5-6-12(16)9(13)2/h5-8H,4H2,1-3H3,(H,17,18,19). The lowest BCUT2D eigenvalue weighted by Crippen LogP contribution is -2.17. The smallest absolute Gasteiger partial charge is 0.341 e. The molecule has 0 radical (unpaired) electrons. The molecule has 0 saturated heterocycles. The van der Waals surface area contributed by atoms with Crippen LogP contribution < -0.4 is 4.72 Å². The lowest BCUT2D eigenvalue weighted by molar-refractivity contribution is 0.0524. The second-order valence-corrected chi connectivity index (χ2v) is 6.94. The Kier molecular flexibility index (Phi) is 5.40. The molecular formula is C15H16ClN3O4S. The van der Waals surface area contributed by atoms with Crippen LogP contribution in [0.2, 0.25) is 5.02 Å². The van der Waals surface area contributed by atoms with Crippen LogP contribution in [0.5, 0.6) is 0 Å². The van der Waals surface area contributed by atoms with Crippen molar-refractivity contribution in [1.29, 1.82) is 0 Å². The van der Waals surface area contributed by atoms with Gasteiger partial charge in [0.2, 0.25) is 5.95 Å². The summed E-state index contributed by atoms with van der Waals surface area (Å²) in [5.41, 5.74) is 0.911. The number of sulfonamides is 1. The number of benzene rings is 1. The Hall–Kier alpha value is -2.19. The summed E-state index contributed by atoms with van der Waals surface area (Å²) in [5, 5.41) is 0.340. The first-order valence-corrected chi connectivity index (χ1v) is 8.91. The molecule has 0 aliphatic heterocycles. The maximum atomic E-state index is 12.5. The largest absolute Gasteiger partial charge is 0.462 e. The number of carbonyl (C=O) groups is 1. The van der Waals surface area contributed by atoms with E-state index in [1.54, 1.807) is 32.9 Å².